The molecule has 1 aromatic rings. The van der Waals surface area contributed by atoms with Crippen molar-refractivity contribution in [2.75, 3.05) is 6.54 Å². The van der Waals surface area contributed by atoms with Crippen molar-refractivity contribution < 1.29 is 0 Å². The summed E-state index contributed by atoms with van der Waals surface area (Å²) in [4.78, 5) is 0. The van der Waals surface area contributed by atoms with Gasteiger partial charge in [-0.25, -0.2) is 0 Å². The first-order valence-electron chi connectivity index (χ1n) is 6.43. The van der Waals surface area contributed by atoms with Gasteiger partial charge < -0.3 is 5.32 Å². The number of nitrogens with one attached hydrogen (secondary N) is 1. The van der Waals surface area contributed by atoms with E-state index in [9.17, 15) is 0 Å². The van der Waals surface area contributed by atoms with E-state index in [1.54, 1.807) is 0 Å². The SMILES string of the molecule is CCCC(C)CNC(C)c1ccc(C)cc1. The van der Waals surface area contributed by atoms with Crippen LogP contribution >= 0.6 is 0 Å². The zero-order valence-electron chi connectivity index (χ0n) is 11.1. The highest BCUT2D eigenvalue weighted by atomic mass is 14.9. The number of benzene rings is 1. The van der Waals surface area contributed by atoms with Gasteiger partial charge in [-0.15, -0.1) is 0 Å². The normalized spacial score (nSPS) is 14.8. The molecule has 0 radical (unpaired) electrons. The molecule has 0 heterocycles. The minimum Gasteiger partial charge on any atom is -0.310 e. The lowest BCUT2D eigenvalue weighted by atomic mass is 10.0. The Morgan fingerprint density at radius 2 is 1.75 bits per heavy atom. The van der Waals surface area contributed by atoms with Crippen molar-refractivity contribution in [2.45, 2.75) is 46.6 Å². The van der Waals surface area contributed by atoms with E-state index in [0.29, 0.717) is 6.04 Å². The van der Waals surface area contributed by atoms with Crippen LogP contribution in [0.25, 0.3) is 0 Å². The Balaban J connectivity index is 2.40. The predicted molar refractivity (Wildman–Crippen MR) is 71.7 cm³/mol. The standard InChI is InChI=1S/C15H25N/c1-5-6-13(3)11-16-14(4)15-9-7-12(2)8-10-15/h7-10,13-14,16H,5-6,11H2,1-4H3. The van der Waals surface area contributed by atoms with Crippen LogP contribution in [0.3, 0.4) is 0 Å². The number of hydrogen-bond donors (Lipinski definition) is 1. The van der Waals surface area contributed by atoms with Gasteiger partial charge in [-0.1, -0.05) is 50.1 Å². The van der Waals surface area contributed by atoms with E-state index in [0.717, 1.165) is 12.5 Å². The van der Waals surface area contributed by atoms with Gasteiger partial charge in [0.05, 0.1) is 0 Å². The second-order valence-electron chi connectivity index (χ2n) is 4.93. The highest BCUT2D eigenvalue weighted by Crippen LogP contribution is 2.14. The van der Waals surface area contributed by atoms with Crippen LogP contribution in [0.1, 0.15) is 50.8 Å². The summed E-state index contributed by atoms with van der Waals surface area (Å²) in [5, 5.41) is 3.60. The molecule has 2 atom stereocenters. The molecule has 1 aromatic carbocycles. The van der Waals surface area contributed by atoms with Crippen molar-refractivity contribution in [1.29, 1.82) is 0 Å². The third-order valence-corrected chi connectivity index (χ3v) is 3.13. The van der Waals surface area contributed by atoms with Crippen molar-refractivity contribution in [2.24, 2.45) is 5.92 Å². The molecule has 0 amide bonds. The molecule has 1 rings (SSSR count). The summed E-state index contributed by atoms with van der Waals surface area (Å²) >= 11 is 0. The minimum atomic E-state index is 0.458. The van der Waals surface area contributed by atoms with Crippen molar-refractivity contribution in [3.63, 3.8) is 0 Å². The summed E-state index contributed by atoms with van der Waals surface area (Å²) in [6, 6.07) is 9.26. The zero-order chi connectivity index (χ0) is 12.0. The second-order valence-corrected chi connectivity index (χ2v) is 4.93. The van der Waals surface area contributed by atoms with E-state index in [4.69, 9.17) is 0 Å². The van der Waals surface area contributed by atoms with Crippen LogP contribution in [-0.2, 0) is 0 Å². The van der Waals surface area contributed by atoms with Gasteiger partial charge in [0.2, 0.25) is 0 Å². The van der Waals surface area contributed by atoms with Gasteiger partial charge in [-0.2, -0.15) is 0 Å². The van der Waals surface area contributed by atoms with Crippen LogP contribution < -0.4 is 5.32 Å². The molecule has 0 saturated heterocycles. The first kappa shape index (κ1) is 13.2. The smallest absolute Gasteiger partial charge is 0.0291 e. The second kappa shape index (κ2) is 6.70. The molecular formula is C15H25N. The maximum absolute atomic E-state index is 3.60. The highest BCUT2D eigenvalue weighted by molar-refractivity contribution is 5.23. The van der Waals surface area contributed by atoms with Gasteiger partial charge in [0.1, 0.15) is 0 Å². The fourth-order valence-electron chi connectivity index (χ4n) is 1.95. The van der Waals surface area contributed by atoms with Gasteiger partial charge in [0.25, 0.3) is 0 Å². The van der Waals surface area contributed by atoms with Crippen LogP contribution in [-0.4, -0.2) is 6.54 Å². The Morgan fingerprint density at radius 3 is 2.31 bits per heavy atom. The molecule has 0 saturated carbocycles. The van der Waals surface area contributed by atoms with Crippen LogP contribution in [0.5, 0.6) is 0 Å². The minimum absolute atomic E-state index is 0.458. The molecule has 0 bridgehead atoms. The van der Waals surface area contributed by atoms with Gasteiger partial charge in [0, 0.05) is 6.04 Å². The molecule has 1 nitrogen and oxygen atoms in total. The Kier molecular flexibility index (Phi) is 5.54. The quantitative estimate of drug-likeness (QED) is 0.760. The predicted octanol–water partition coefficient (Wildman–Crippen LogP) is 4.08. The van der Waals surface area contributed by atoms with Crippen molar-refractivity contribution in [1.82, 2.24) is 5.32 Å². The maximum Gasteiger partial charge on any atom is 0.0291 e. The van der Waals surface area contributed by atoms with Crippen LogP contribution in [0.4, 0.5) is 0 Å². The van der Waals surface area contributed by atoms with Crippen molar-refractivity contribution >= 4 is 0 Å². The Hall–Kier alpha value is -0.820. The van der Waals surface area contributed by atoms with Gasteiger partial charge in [-0.05, 0) is 38.3 Å². The zero-order valence-corrected chi connectivity index (χ0v) is 11.1. The lowest BCUT2D eigenvalue weighted by Gasteiger charge is -2.17. The van der Waals surface area contributed by atoms with Gasteiger partial charge in [0.15, 0.2) is 0 Å². The molecule has 0 aliphatic rings. The summed E-state index contributed by atoms with van der Waals surface area (Å²) in [5.74, 6) is 0.776. The summed E-state index contributed by atoms with van der Waals surface area (Å²) in [5.41, 5.74) is 2.71. The molecule has 90 valence electrons. The van der Waals surface area contributed by atoms with E-state index in [1.165, 1.54) is 24.0 Å². The number of aryl methyl sites for hydroxylation is 1. The van der Waals surface area contributed by atoms with Crippen molar-refractivity contribution in [3.05, 3.63) is 35.4 Å². The molecule has 0 fully saturated rings. The summed E-state index contributed by atoms with van der Waals surface area (Å²) in [6.45, 7) is 10.1. The van der Waals surface area contributed by atoms with E-state index in [-0.39, 0.29) is 0 Å². The average Bonchev–Trinajstić information content (AvgIpc) is 2.27. The first-order valence-corrected chi connectivity index (χ1v) is 6.43. The molecule has 0 aliphatic heterocycles. The molecule has 1 heteroatoms. The number of rotatable bonds is 6. The molecule has 2 unspecified atom stereocenters. The number of hydrogen-bond acceptors (Lipinski definition) is 1. The molecule has 0 spiro atoms. The third-order valence-electron chi connectivity index (χ3n) is 3.13. The molecule has 0 aliphatic carbocycles. The van der Waals surface area contributed by atoms with E-state index >= 15 is 0 Å². The van der Waals surface area contributed by atoms with E-state index in [2.05, 4.69) is 57.3 Å². The van der Waals surface area contributed by atoms with E-state index < -0.39 is 0 Å². The molecule has 16 heavy (non-hydrogen) atoms. The van der Waals surface area contributed by atoms with Crippen molar-refractivity contribution in [3.8, 4) is 0 Å². The van der Waals surface area contributed by atoms with Crippen LogP contribution in [0.2, 0.25) is 0 Å². The lowest BCUT2D eigenvalue weighted by molar-refractivity contribution is 0.444. The summed E-state index contributed by atoms with van der Waals surface area (Å²) in [6.07, 6.45) is 2.59. The molecule has 0 aromatic heterocycles. The lowest BCUT2D eigenvalue weighted by Crippen LogP contribution is -2.24. The van der Waals surface area contributed by atoms with Gasteiger partial charge >= 0.3 is 0 Å². The monoisotopic (exact) mass is 219 g/mol. The van der Waals surface area contributed by atoms with Gasteiger partial charge in [-0.3, -0.25) is 0 Å². The Morgan fingerprint density at radius 1 is 1.12 bits per heavy atom. The van der Waals surface area contributed by atoms with Crippen LogP contribution in [0, 0.1) is 12.8 Å². The molecule has 1 N–H and O–H groups in total. The fourth-order valence-corrected chi connectivity index (χ4v) is 1.95. The maximum atomic E-state index is 3.60. The molecular weight excluding hydrogens is 194 g/mol. The Bertz CT molecular complexity index is 289. The Labute approximate surface area is 100 Å². The average molecular weight is 219 g/mol. The van der Waals surface area contributed by atoms with Crippen LogP contribution in [0.15, 0.2) is 24.3 Å². The fraction of sp³-hybridized carbons (Fsp3) is 0.600. The summed E-state index contributed by atoms with van der Waals surface area (Å²) < 4.78 is 0. The topological polar surface area (TPSA) is 12.0 Å². The first-order chi connectivity index (χ1) is 7.63. The largest absolute Gasteiger partial charge is 0.310 e. The highest BCUT2D eigenvalue weighted by Gasteiger charge is 2.06. The van der Waals surface area contributed by atoms with E-state index in [1.807, 2.05) is 0 Å². The third kappa shape index (κ3) is 4.36. The summed E-state index contributed by atoms with van der Waals surface area (Å²) in [7, 11) is 0.